The van der Waals surface area contributed by atoms with Crippen molar-refractivity contribution < 1.29 is 5.11 Å². The van der Waals surface area contributed by atoms with Gasteiger partial charge in [-0.3, -0.25) is 0 Å². The standard InChI is InChI=1S/C28H48O/c1-5-6-7-8-9-10-11-21-12-13-24-26(21,2)19-16-25-27(3)18-15-23(29)20-22(27)14-17-28(24,25)4/h14,21,23-25,29H,5-13,15-20H2,1-4H3/t21-,23-,24+,25+,26+,27-,28-/m0/s1. The molecule has 0 heterocycles. The molecule has 3 fully saturated rings. The Morgan fingerprint density at radius 2 is 1.62 bits per heavy atom. The largest absolute Gasteiger partial charge is 0.393 e. The predicted molar refractivity (Wildman–Crippen MR) is 124 cm³/mol. The van der Waals surface area contributed by atoms with Crippen LogP contribution in [0.2, 0.25) is 0 Å². The summed E-state index contributed by atoms with van der Waals surface area (Å²) in [5, 5.41) is 10.3. The second-order valence-corrected chi connectivity index (χ2v) is 12.2. The molecule has 4 aliphatic carbocycles. The molecule has 0 radical (unpaired) electrons. The molecular weight excluding hydrogens is 352 g/mol. The zero-order valence-corrected chi connectivity index (χ0v) is 19.9. The topological polar surface area (TPSA) is 20.2 Å². The highest BCUT2D eigenvalue weighted by Gasteiger charge is 2.63. The zero-order valence-electron chi connectivity index (χ0n) is 19.9. The lowest BCUT2D eigenvalue weighted by molar-refractivity contribution is -0.110. The first-order valence-electron chi connectivity index (χ1n) is 13.2. The fourth-order valence-corrected chi connectivity index (χ4v) is 9.05. The number of aliphatic hydroxyl groups excluding tert-OH is 1. The van der Waals surface area contributed by atoms with Gasteiger partial charge in [0.2, 0.25) is 0 Å². The third-order valence-electron chi connectivity index (χ3n) is 10.7. The number of rotatable bonds is 7. The highest BCUT2D eigenvalue weighted by atomic mass is 16.3. The van der Waals surface area contributed by atoms with Crippen LogP contribution in [0.15, 0.2) is 11.6 Å². The molecule has 0 spiro atoms. The Bertz CT molecular complexity index is 607. The summed E-state index contributed by atoms with van der Waals surface area (Å²) in [6, 6.07) is 0. The van der Waals surface area contributed by atoms with Gasteiger partial charge in [-0.15, -0.1) is 0 Å². The highest BCUT2D eigenvalue weighted by molar-refractivity contribution is 5.27. The lowest BCUT2D eigenvalue weighted by Crippen LogP contribution is -2.55. The molecule has 1 N–H and O–H groups in total. The zero-order chi connectivity index (χ0) is 20.7. The van der Waals surface area contributed by atoms with E-state index in [1.54, 1.807) is 5.57 Å². The normalized spacial score (nSPS) is 46.6. The van der Waals surface area contributed by atoms with Gasteiger partial charge in [-0.2, -0.15) is 0 Å². The molecule has 0 unspecified atom stereocenters. The first-order chi connectivity index (χ1) is 13.8. The molecule has 7 atom stereocenters. The van der Waals surface area contributed by atoms with Crippen LogP contribution in [0, 0.1) is 34.0 Å². The quantitative estimate of drug-likeness (QED) is 0.338. The number of unbranched alkanes of at least 4 members (excludes halogenated alkanes) is 5. The van der Waals surface area contributed by atoms with Gasteiger partial charge in [-0.25, -0.2) is 0 Å². The van der Waals surface area contributed by atoms with Crippen molar-refractivity contribution in [3.8, 4) is 0 Å². The molecule has 1 nitrogen and oxygen atoms in total. The van der Waals surface area contributed by atoms with Crippen LogP contribution in [0.1, 0.15) is 124 Å². The van der Waals surface area contributed by atoms with E-state index >= 15 is 0 Å². The summed E-state index contributed by atoms with van der Waals surface area (Å²) in [5.74, 6) is 2.73. The summed E-state index contributed by atoms with van der Waals surface area (Å²) in [6.45, 7) is 10.3. The molecule has 0 bridgehead atoms. The molecule has 166 valence electrons. The van der Waals surface area contributed by atoms with Crippen LogP contribution in [0.3, 0.4) is 0 Å². The van der Waals surface area contributed by atoms with Gasteiger partial charge in [0.15, 0.2) is 0 Å². The molecular formula is C28H48O. The molecule has 4 aliphatic rings. The van der Waals surface area contributed by atoms with Gasteiger partial charge in [0.1, 0.15) is 0 Å². The summed E-state index contributed by atoms with van der Waals surface area (Å²) >= 11 is 0. The van der Waals surface area contributed by atoms with Gasteiger partial charge in [-0.05, 0) is 91.8 Å². The minimum Gasteiger partial charge on any atom is -0.393 e. The van der Waals surface area contributed by atoms with E-state index in [0.29, 0.717) is 16.2 Å². The molecule has 0 aromatic rings. The SMILES string of the molecule is CCCCCCCC[C@H]1CC[C@H]2[C@]3(C)CC=C4C[C@@H](O)CC[C@]4(C)[C@H]3CC[C@]12C. The number of hydrogen-bond acceptors (Lipinski definition) is 1. The van der Waals surface area contributed by atoms with Crippen LogP contribution in [-0.4, -0.2) is 11.2 Å². The highest BCUT2D eigenvalue weighted by Crippen LogP contribution is 2.71. The summed E-state index contributed by atoms with van der Waals surface area (Å²) in [7, 11) is 0. The van der Waals surface area contributed by atoms with Crippen LogP contribution in [-0.2, 0) is 0 Å². The van der Waals surface area contributed by atoms with E-state index in [1.807, 2.05) is 0 Å². The van der Waals surface area contributed by atoms with E-state index in [0.717, 1.165) is 30.6 Å². The average Bonchev–Trinajstić information content (AvgIpc) is 3.03. The number of fused-ring (bicyclic) bond motifs is 5. The molecule has 0 saturated heterocycles. The Hall–Kier alpha value is -0.300. The van der Waals surface area contributed by atoms with Crippen molar-refractivity contribution >= 4 is 0 Å². The Morgan fingerprint density at radius 1 is 0.862 bits per heavy atom. The number of aliphatic hydroxyl groups is 1. The van der Waals surface area contributed by atoms with Crippen molar-refractivity contribution in [2.75, 3.05) is 0 Å². The van der Waals surface area contributed by atoms with Crippen molar-refractivity contribution in [2.45, 2.75) is 130 Å². The molecule has 29 heavy (non-hydrogen) atoms. The van der Waals surface area contributed by atoms with Gasteiger partial charge in [0.25, 0.3) is 0 Å². The molecule has 0 aromatic carbocycles. The summed E-state index contributed by atoms with van der Waals surface area (Å²) < 4.78 is 0. The monoisotopic (exact) mass is 400 g/mol. The third-order valence-corrected chi connectivity index (χ3v) is 10.7. The number of hydrogen-bond donors (Lipinski definition) is 1. The summed E-state index contributed by atoms with van der Waals surface area (Å²) in [6.07, 6.45) is 22.9. The molecule has 4 rings (SSSR count). The maximum atomic E-state index is 10.3. The minimum absolute atomic E-state index is 0.0827. The Labute approximate surface area is 181 Å². The fourth-order valence-electron chi connectivity index (χ4n) is 9.05. The van der Waals surface area contributed by atoms with E-state index in [1.165, 1.54) is 83.5 Å². The lowest BCUT2D eigenvalue weighted by Gasteiger charge is -2.63. The first-order valence-corrected chi connectivity index (χ1v) is 13.2. The van der Waals surface area contributed by atoms with Crippen LogP contribution in [0.4, 0.5) is 0 Å². The van der Waals surface area contributed by atoms with E-state index < -0.39 is 0 Å². The summed E-state index contributed by atoms with van der Waals surface area (Å²) in [5.41, 5.74) is 3.06. The second-order valence-electron chi connectivity index (χ2n) is 12.2. The lowest BCUT2D eigenvalue weighted by atomic mass is 9.41. The van der Waals surface area contributed by atoms with Gasteiger partial charge >= 0.3 is 0 Å². The van der Waals surface area contributed by atoms with E-state index in [4.69, 9.17) is 0 Å². The van der Waals surface area contributed by atoms with E-state index in [9.17, 15) is 5.11 Å². The third kappa shape index (κ3) is 3.66. The van der Waals surface area contributed by atoms with Gasteiger partial charge < -0.3 is 5.11 Å². The average molecular weight is 401 g/mol. The molecule has 0 aromatic heterocycles. The summed E-state index contributed by atoms with van der Waals surface area (Å²) in [4.78, 5) is 0. The molecule has 0 amide bonds. The molecule has 1 heteroatoms. The van der Waals surface area contributed by atoms with Crippen molar-refractivity contribution in [3.63, 3.8) is 0 Å². The van der Waals surface area contributed by atoms with E-state index in [2.05, 4.69) is 33.8 Å². The fraction of sp³-hybridized carbons (Fsp3) is 0.929. The van der Waals surface area contributed by atoms with Crippen LogP contribution in [0.5, 0.6) is 0 Å². The molecule has 0 aliphatic heterocycles. The van der Waals surface area contributed by atoms with Crippen molar-refractivity contribution in [3.05, 3.63) is 11.6 Å². The maximum absolute atomic E-state index is 10.3. The van der Waals surface area contributed by atoms with Crippen molar-refractivity contribution in [2.24, 2.45) is 34.0 Å². The molecule has 3 saturated carbocycles. The second kappa shape index (κ2) is 8.33. The smallest absolute Gasteiger partial charge is 0.0577 e. The van der Waals surface area contributed by atoms with Crippen LogP contribution < -0.4 is 0 Å². The van der Waals surface area contributed by atoms with Gasteiger partial charge in [0, 0.05) is 0 Å². The van der Waals surface area contributed by atoms with Crippen molar-refractivity contribution in [1.82, 2.24) is 0 Å². The van der Waals surface area contributed by atoms with Gasteiger partial charge in [-0.1, -0.05) is 77.9 Å². The maximum Gasteiger partial charge on any atom is 0.0577 e. The predicted octanol–water partition coefficient (Wildman–Crippen LogP) is 8.07. The number of allylic oxidation sites excluding steroid dienone is 1. The Kier molecular flexibility index (Phi) is 6.29. The van der Waals surface area contributed by atoms with E-state index in [-0.39, 0.29) is 6.10 Å². The van der Waals surface area contributed by atoms with Gasteiger partial charge in [0.05, 0.1) is 6.10 Å². The Balaban J connectivity index is 1.45. The van der Waals surface area contributed by atoms with Crippen molar-refractivity contribution in [1.29, 1.82) is 0 Å². The van der Waals surface area contributed by atoms with Crippen LogP contribution >= 0.6 is 0 Å². The minimum atomic E-state index is -0.0827. The van der Waals surface area contributed by atoms with Crippen LogP contribution in [0.25, 0.3) is 0 Å². The first kappa shape index (κ1) is 21.9. The Morgan fingerprint density at radius 3 is 2.41 bits per heavy atom.